The summed E-state index contributed by atoms with van der Waals surface area (Å²) in [6.07, 6.45) is 3.32. The van der Waals surface area contributed by atoms with Gasteiger partial charge < -0.3 is 15.4 Å². The number of amides is 2. The lowest BCUT2D eigenvalue weighted by atomic mass is 10.1. The molecule has 0 unspecified atom stereocenters. The van der Waals surface area contributed by atoms with Crippen LogP contribution in [-0.2, 0) is 20.2 Å². The zero-order valence-corrected chi connectivity index (χ0v) is 13.5. The molecule has 0 bridgehead atoms. The average molecular weight is 326 g/mol. The number of carbonyl (C=O) groups excluding carboxylic acids is 1. The van der Waals surface area contributed by atoms with Crippen LogP contribution in [0.1, 0.15) is 11.4 Å². The maximum atomic E-state index is 11.3. The van der Waals surface area contributed by atoms with E-state index in [2.05, 4.69) is 15.1 Å². The lowest BCUT2D eigenvalue weighted by molar-refractivity contribution is 0.217. The fourth-order valence-corrected chi connectivity index (χ4v) is 2.38. The van der Waals surface area contributed by atoms with E-state index in [1.54, 1.807) is 31.3 Å². The number of nitrogens with zero attached hydrogens (tertiary/aromatic N) is 5. The van der Waals surface area contributed by atoms with Crippen LogP contribution < -0.4 is 10.5 Å². The monoisotopic (exact) mass is 326 g/mol. The van der Waals surface area contributed by atoms with E-state index >= 15 is 0 Å². The second-order valence-corrected chi connectivity index (χ2v) is 5.45. The van der Waals surface area contributed by atoms with Crippen molar-refractivity contribution >= 4 is 16.8 Å². The first-order chi connectivity index (χ1) is 11.5. The molecule has 2 amide bonds. The highest BCUT2D eigenvalue weighted by Crippen LogP contribution is 2.27. The molecule has 24 heavy (non-hydrogen) atoms. The van der Waals surface area contributed by atoms with Gasteiger partial charge in [-0.2, -0.15) is 5.10 Å². The molecule has 1 aromatic carbocycles. The van der Waals surface area contributed by atoms with Crippen molar-refractivity contribution in [2.75, 3.05) is 7.05 Å². The molecule has 2 aromatic heterocycles. The van der Waals surface area contributed by atoms with Crippen molar-refractivity contribution in [3.05, 3.63) is 48.2 Å². The fraction of sp³-hybridized carbons (Fsp3) is 0.250. The van der Waals surface area contributed by atoms with Gasteiger partial charge in [0.1, 0.15) is 6.33 Å². The zero-order valence-electron chi connectivity index (χ0n) is 13.5. The number of hydrogen-bond acceptors (Lipinski definition) is 5. The second-order valence-electron chi connectivity index (χ2n) is 5.45. The van der Waals surface area contributed by atoms with E-state index in [9.17, 15) is 4.79 Å². The van der Waals surface area contributed by atoms with Gasteiger partial charge in [0.15, 0.2) is 12.4 Å². The molecule has 0 fully saturated rings. The van der Waals surface area contributed by atoms with Gasteiger partial charge in [-0.3, -0.25) is 4.68 Å². The molecule has 0 saturated heterocycles. The predicted molar refractivity (Wildman–Crippen MR) is 88.1 cm³/mol. The Labute approximate surface area is 138 Å². The molecule has 2 heterocycles. The summed E-state index contributed by atoms with van der Waals surface area (Å²) in [5.41, 5.74) is 6.20. The number of hydrogen-bond donors (Lipinski definition) is 1. The Morgan fingerprint density at radius 2 is 2.04 bits per heavy atom. The minimum absolute atomic E-state index is 0.234. The molecular formula is C16H18N6O2. The van der Waals surface area contributed by atoms with Crippen LogP contribution >= 0.6 is 0 Å². The Bertz CT molecular complexity index is 876. The predicted octanol–water partition coefficient (Wildman–Crippen LogP) is 1.45. The third-order valence-corrected chi connectivity index (χ3v) is 3.61. The van der Waals surface area contributed by atoms with Gasteiger partial charge in [0.05, 0.1) is 0 Å². The Balaban J connectivity index is 1.88. The van der Waals surface area contributed by atoms with Gasteiger partial charge in [0, 0.05) is 32.2 Å². The van der Waals surface area contributed by atoms with Crippen LogP contribution in [0.3, 0.4) is 0 Å². The van der Waals surface area contributed by atoms with Crippen molar-refractivity contribution in [2.45, 2.75) is 13.2 Å². The maximum absolute atomic E-state index is 11.3. The van der Waals surface area contributed by atoms with E-state index in [1.807, 2.05) is 24.3 Å². The van der Waals surface area contributed by atoms with E-state index in [4.69, 9.17) is 10.5 Å². The van der Waals surface area contributed by atoms with Gasteiger partial charge in [0.25, 0.3) is 0 Å². The molecule has 3 rings (SSSR count). The minimum Gasteiger partial charge on any atom is -0.469 e. The topological polar surface area (TPSA) is 99.2 Å². The molecule has 0 spiro atoms. The largest absolute Gasteiger partial charge is 0.469 e. The van der Waals surface area contributed by atoms with E-state index in [1.165, 1.54) is 4.90 Å². The zero-order chi connectivity index (χ0) is 17.1. The number of rotatable bonds is 5. The molecule has 0 aliphatic heterocycles. The summed E-state index contributed by atoms with van der Waals surface area (Å²) in [4.78, 5) is 21.2. The minimum atomic E-state index is -0.486. The van der Waals surface area contributed by atoms with Crippen molar-refractivity contribution in [3.8, 4) is 5.88 Å². The van der Waals surface area contributed by atoms with Crippen molar-refractivity contribution in [1.82, 2.24) is 24.6 Å². The van der Waals surface area contributed by atoms with Crippen molar-refractivity contribution < 1.29 is 9.53 Å². The van der Waals surface area contributed by atoms with Crippen LogP contribution in [0.4, 0.5) is 4.79 Å². The molecular weight excluding hydrogens is 308 g/mol. The molecule has 0 radical (unpaired) electrons. The number of nitrogens with two attached hydrogens (primary N) is 1. The Hall–Kier alpha value is -3.16. The highest BCUT2D eigenvalue weighted by Gasteiger charge is 2.12. The van der Waals surface area contributed by atoms with E-state index in [-0.39, 0.29) is 6.61 Å². The number of urea groups is 1. The summed E-state index contributed by atoms with van der Waals surface area (Å²) in [6.45, 7) is 0.614. The van der Waals surface area contributed by atoms with Gasteiger partial charge in [-0.15, -0.1) is 0 Å². The lowest BCUT2D eigenvalue weighted by Gasteiger charge is -2.16. The lowest BCUT2D eigenvalue weighted by Crippen LogP contribution is -2.31. The van der Waals surface area contributed by atoms with Gasteiger partial charge in [-0.05, 0) is 17.0 Å². The third-order valence-electron chi connectivity index (χ3n) is 3.61. The Morgan fingerprint density at radius 1 is 1.29 bits per heavy atom. The number of ether oxygens (including phenoxy) is 1. The first kappa shape index (κ1) is 15.7. The standard InChI is InChI=1S/C16H18N6O2/c1-21(16(17)23)8-11-7-18-15(13-6-4-3-5-12(11)13)24-9-14-19-10-22(2)20-14/h3-7,10H,8-9H2,1-2H3,(H2,17,23). The van der Waals surface area contributed by atoms with Crippen LogP contribution in [0.15, 0.2) is 36.8 Å². The summed E-state index contributed by atoms with van der Waals surface area (Å²) >= 11 is 0. The number of carbonyl (C=O) groups is 1. The van der Waals surface area contributed by atoms with Gasteiger partial charge >= 0.3 is 6.03 Å². The number of aromatic nitrogens is 4. The Morgan fingerprint density at radius 3 is 2.71 bits per heavy atom. The number of fused-ring (bicyclic) bond motifs is 1. The Kier molecular flexibility index (Phi) is 4.28. The molecule has 0 saturated carbocycles. The van der Waals surface area contributed by atoms with E-state index < -0.39 is 6.03 Å². The molecule has 0 atom stereocenters. The molecule has 0 aliphatic carbocycles. The van der Waals surface area contributed by atoms with Gasteiger partial charge in [-0.1, -0.05) is 18.2 Å². The number of primary amides is 1. The van der Waals surface area contributed by atoms with Crippen molar-refractivity contribution in [3.63, 3.8) is 0 Å². The SMILES string of the molecule is CN(Cc1cnc(OCc2ncn(C)n2)c2ccccc12)C(N)=O. The summed E-state index contributed by atoms with van der Waals surface area (Å²) in [7, 11) is 3.45. The van der Waals surface area contributed by atoms with Gasteiger partial charge in [0.2, 0.25) is 5.88 Å². The average Bonchev–Trinajstić information content (AvgIpc) is 2.99. The van der Waals surface area contributed by atoms with Crippen molar-refractivity contribution in [1.29, 1.82) is 0 Å². The first-order valence-electron chi connectivity index (χ1n) is 7.39. The highest BCUT2D eigenvalue weighted by atomic mass is 16.5. The number of benzene rings is 1. The van der Waals surface area contributed by atoms with Crippen LogP contribution in [0.5, 0.6) is 5.88 Å². The fourth-order valence-electron chi connectivity index (χ4n) is 2.38. The summed E-state index contributed by atoms with van der Waals surface area (Å²) in [6, 6.07) is 7.25. The molecule has 124 valence electrons. The van der Waals surface area contributed by atoms with E-state index in [0.29, 0.717) is 18.2 Å². The normalized spacial score (nSPS) is 10.8. The van der Waals surface area contributed by atoms with Crippen LogP contribution in [-0.4, -0.2) is 37.7 Å². The van der Waals surface area contributed by atoms with Crippen LogP contribution in [0, 0.1) is 0 Å². The molecule has 3 aromatic rings. The van der Waals surface area contributed by atoms with Crippen LogP contribution in [0.2, 0.25) is 0 Å². The smallest absolute Gasteiger partial charge is 0.314 e. The molecule has 0 aliphatic rings. The quantitative estimate of drug-likeness (QED) is 0.765. The number of aryl methyl sites for hydroxylation is 1. The summed E-state index contributed by atoms with van der Waals surface area (Å²) in [5.74, 6) is 1.09. The first-order valence-corrected chi connectivity index (χ1v) is 7.39. The number of pyridine rings is 1. The van der Waals surface area contributed by atoms with E-state index in [0.717, 1.165) is 16.3 Å². The maximum Gasteiger partial charge on any atom is 0.314 e. The molecule has 2 N–H and O–H groups in total. The summed E-state index contributed by atoms with van der Waals surface area (Å²) < 4.78 is 7.39. The van der Waals surface area contributed by atoms with Crippen molar-refractivity contribution in [2.24, 2.45) is 12.8 Å². The van der Waals surface area contributed by atoms with Crippen LogP contribution in [0.25, 0.3) is 10.8 Å². The molecule has 8 nitrogen and oxygen atoms in total. The molecule has 8 heteroatoms. The summed E-state index contributed by atoms with van der Waals surface area (Å²) in [5, 5.41) is 6.00. The second kappa shape index (κ2) is 6.53. The third kappa shape index (κ3) is 3.27. The van der Waals surface area contributed by atoms with Gasteiger partial charge in [-0.25, -0.2) is 14.8 Å². The highest BCUT2D eigenvalue weighted by molar-refractivity contribution is 5.89.